The van der Waals surface area contributed by atoms with E-state index in [1.54, 1.807) is 18.2 Å². The minimum atomic E-state index is -2.44. The molecule has 0 radical (unpaired) electrons. The number of hydrogen-bond donors (Lipinski definition) is 1. The van der Waals surface area contributed by atoms with Crippen LogP contribution in [0.3, 0.4) is 0 Å². The van der Waals surface area contributed by atoms with Gasteiger partial charge in [-0.2, -0.15) is 0 Å². The van der Waals surface area contributed by atoms with Crippen molar-refractivity contribution in [2.75, 3.05) is 19.8 Å². The fourth-order valence-corrected chi connectivity index (χ4v) is 1.89. The molecule has 1 unspecified atom stereocenters. The lowest BCUT2D eigenvalue weighted by molar-refractivity contribution is 0.0144. The van der Waals surface area contributed by atoms with Gasteiger partial charge in [0.15, 0.2) is 0 Å². The molecule has 2 nitrogen and oxygen atoms in total. The molecule has 0 saturated carbocycles. The molecule has 0 heterocycles. The van der Waals surface area contributed by atoms with Crippen molar-refractivity contribution >= 4 is 0 Å². The second-order valence-electron chi connectivity index (χ2n) is 4.30. The summed E-state index contributed by atoms with van der Waals surface area (Å²) in [5, 5.41) is 3.21. The van der Waals surface area contributed by atoms with Crippen LogP contribution in [0.1, 0.15) is 18.9 Å². The monoisotopic (exact) mass is 275 g/mol. The van der Waals surface area contributed by atoms with Gasteiger partial charge in [0.2, 0.25) is 0 Å². The Morgan fingerprint density at radius 3 is 2.63 bits per heavy atom. The zero-order valence-corrected chi connectivity index (χ0v) is 11.0. The van der Waals surface area contributed by atoms with E-state index in [-0.39, 0.29) is 18.5 Å². The Morgan fingerprint density at radius 1 is 1.26 bits per heavy atom. The second kappa shape index (κ2) is 8.93. The van der Waals surface area contributed by atoms with Crippen molar-refractivity contribution in [3.63, 3.8) is 0 Å². The molecule has 0 bridgehead atoms. The molecule has 1 aromatic carbocycles. The molecule has 1 aromatic rings. The molecule has 0 saturated heterocycles. The second-order valence-corrected chi connectivity index (χ2v) is 4.30. The van der Waals surface area contributed by atoms with E-state index in [0.717, 1.165) is 6.54 Å². The first-order chi connectivity index (χ1) is 9.13. The molecule has 108 valence electrons. The SMILES string of the molecule is CCNC(CCOCC(F)F)Cc1ccccc1F. The quantitative estimate of drug-likeness (QED) is 0.699. The first-order valence-corrected chi connectivity index (χ1v) is 6.46. The highest BCUT2D eigenvalue weighted by Crippen LogP contribution is 2.11. The van der Waals surface area contributed by atoms with Gasteiger partial charge < -0.3 is 10.1 Å². The highest BCUT2D eigenvalue weighted by atomic mass is 19.3. The van der Waals surface area contributed by atoms with Gasteiger partial charge in [0.1, 0.15) is 12.4 Å². The van der Waals surface area contributed by atoms with E-state index in [1.165, 1.54) is 6.07 Å². The fourth-order valence-electron chi connectivity index (χ4n) is 1.89. The predicted molar refractivity (Wildman–Crippen MR) is 69.0 cm³/mol. The molecule has 19 heavy (non-hydrogen) atoms. The third-order valence-electron chi connectivity index (χ3n) is 2.77. The normalized spacial score (nSPS) is 12.9. The topological polar surface area (TPSA) is 21.3 Å². The lowest BCUT2D eigenvalue weighted by Gasteiger charge is -2.18. The maximum Gasteiger partial charge on any atom is 0.261 e. The van der Waals surface area contributed by atoms with Crippen LogP contribution in [-0.4, -0.2) is 32.2 Å². The molecular weight excluding hydrogens is 255 g/mol. The van der Waals surface area contributed by atoms with E-state index in [2.05, 4.69) is 5.32 Å². The summed E-state index contributed by atoms with van der Waals surface area (Å²) in [6.07, 6.45) is -1.34. The molecule has 0 aliphatic carbocycles. The van der Waals surface area contributed by atoms with Gasteiger partial charge in [-0.15, -0.1) is 0 Å². The van der Waals surface area contributed by atoms with Crippen LogP contribution in [0.25, 0.3) is 0 Å². The molecule has 0 amide bonds. The average molecular weight is 275 g/mol. The minimum absolute atomic E-state index is 0.0274. The van der Waals surface area contributed by atoms with Crippen molar-refractivity contribution in [3.8, 4) is 0 Å². The van der Waals surface area contributed by atoms with Gasteiger partial charge in [0.25, 0.3) is 6.43 Å². The van der Waals surface area contributed by atoms with E-state index in [9.17, 15) is 13.2 Å². The Balaban J connectivity index is 2.42. The summed E-state index contributed by atoms with van der Waals surface area (Å²) in [7, 11) is 0. The highest BCUT2D eigenvalue weighted by molar-refractivity contribution is 5.18. The number of ether oxygens (including phenoxy) is 1. The molecule has 0 spiro atoms. The Bertz CT molecular complexity index is 360. The van der Waals surface area contributed by atoms with Crippen LogP contribution in [0.5, 0.6) is 0 Å². The van der Waals surface area contributed by atoms with E-state index in [1.807, 2.05) is 6.92 Å². The largest absolute Gasteiger partial charge is 0.375 e. The first kappa shape index (κ1) is 16.0. The van der Waals surface area contributed by atoms with Crippen molar-refractivity contribution in [2.45, 2.75) is 32.2 Å². The number of hydrogen-bond acceptors (Lipinski definition) is 2. The molecule has 5 heteroatoms. The van der Waals surface area contributed by atoms with Crippen molar-refractivity contribution in [3.05, 3.63) is 35.6 Å². The van der Waals surface area contributed by atoms with Gasteiger partial charge in [-0.3, -0.25) is 0 Å². The van der Waals surface area contributed by atoms with E-state index in [0.29, 0.717) is 18.4 Å². The molecular formula is C14H20F3NO. The van der Waals surface area contributed by atoms with Crippen molar-refractivity contribution in [1.29, 1.82) is 0 Å². The van der Waals surface area contributed by atoms with Crippen LogP contribution in [-0.2, 0) is 11.2 Å². The van der Waals surface area contributed by atoms with Crippen LogP contribution >= 0.6 is 0 Å². The third kappa shape index (κ3) is 6.59. The van der Waals surface area contributed by atoms with Gasteiger partial charge in [0, 0.05) is 12.6 Å². The molecule has 0 aliphatic rings. The van der Waals surface area contributed by atoms with Crippen LogP contribution in [0.4, 0.5) is 13.2 Å². The number of likely N-dealkylation sites (N-methyl/N-ethyl adjacent to an activating group) is 1. The summed E-state index contributed by atoms with van der Waals surface area (Å²) in [5.41, 5.74) is 0.627. The molecule has 0 aliphatic heterocycles. The standard InChI is InChI=1S/C14H20F3NO/c1-2-18-12(7-8-19-10-14(16)17)9-11-5-3-4-6-13(11)15/h3-6,12,14,18H,2,7-10H2,1H3. The molecule has 0 aromatic heterocycles. The molecule has 1 N–H and O–H groups in total. The molecule has 1 rings (SSSR count). The lowest BCUT2D eigenvalue weighted by atomic mass is 10.0. The fraction of sp³-hybridized carbons (Fsp3) is 0.571. The highest BCUT2D eigenvalue weighted by Gasteiger charge is 2.11. The Morgan fingerprint density at radius 2 is 2.00 bits per heavy atom. The minimum Gasteiger partial charge on any atom is -0.375 e. The summed E-state index contributed by atoms with van der Waals surface area (Å²) in [6.45, 7) is 2.40. The average Bonchev–Trinajstić information content (AvgIpc) is 2.37. The zero-order chi connectivity index (χ0) is 14.1. The van der Waals surface area contributed by atoms with E-state index in [4.69, 9.17) is 4.74 Å². The van der Waals surface area contributed by atoms with Crippen LogP contribution in [0.2, 0.25) is 0 Å². The maximum atomic E-state index is 13.5. The zero-order valence-electron chi connectivity index (χ0n) is 11.0. The molecule has 1 atom stereocenters. The smallest absolute Gasteiger partial charge is 0.261 e. The third-order valence-corrected chi connectivity index (χ3v) is 2.77. The summed E-state index contributed by atoms with van der Waals surface area (Å²) in [4.78, 5) is 0. The van der Waals surface area contributed by atoms with Crippen LogP contribution in [0.15, 0.2) is 24.3 Å². The van der Waals surface area contributed by atoms with Gasteiger partial charge in [-0.1, -0.05) is 25.1 Å². The Hall–Kier alpha value is -1.07. The van der Waals surface area contributed by atoms with Gasteiger partial charge in [-0.05, 0) is 31.0 Å². The van der Waals surface area contributed by atoms with E-state index >= 15 is 0 Å². The van der Waals surface area contributed by atoms with Gasteiger partial charge >= 0.3 is 0 Å². The van der Waals surface area contributed by atoms with Crippen molar-refractivity contribution < 1.29 is 17.9 Å². The Kier molecular flexibility index (Phi) is 7.52. The number of alkyl halides is 2. The molecule has 0 fully saturated rings. The number of rotatable bonds is 9. The summed E-state index contributed by atoms with van der Waals surface area (Å²) < 4.78 is 42.2. The number of halogens is 3. The summed E-state index contributed by atoms with van der Waals surface area (Å²) in [5.74, 6) is -0.237. The van der Waals surface area contributed by atoms with Gasteiger partial charge in [-0.25, -0.2) is 13.2 Å². The maximum absolute atomic E-state index is 13.5. The van der Waals surface area contributed by atoms with E-state index < -0.39 is 13.0 Å². The van der Waals surface area contributed by atoms with Crippen LogP contribution < -0.4 is 5.32 Å². The first-order valence-electron chi connectivity index (χ1n) is 6.46. The summed E-state index contributed by atoms with van der Waals surface area (Å²) >= 11 is 0. The Labute approximate surface area is 112 Å². The van der Waals surface area contributed by atoms with Gasteiger partial charge in [0.05, 0.1) is 0 Å². The number of nitrogens with one attached hydrogen (secondary N) is 1. The lowest BCUT2D eigenvalue weighted by Crippen LogP contribution is -2.32. The summed E-state index contributed by atoms with van der Waals surface area (Å²) in [6, 6.07) is 6.62. The predicted octanol–water partition coefficient (Wildman–Crippen LogP) is 3.02. The number of benzene rings is 1. The van der Waals surface area contributed by atoms with Crippen LogP contribution in [0, 0.1) is 5.82 Å². The van der Waals surface area contributed by atoms with Crippen molar-refractivity contribution in [2.24, 2.45) is 0 Å². The van der Waals surface area contributed by atoms with Crippen molar-refractivity contribution in [1.82, 2.24) is 5.32 Å².